The van der Waals surface area contributed by atoms with Gasteiger partial charge in [0.25, 0.3) is 0 Å². The lowest BCUT2D eigenvalue weighted by Crippen LogP contribution is -2.01. The average Bonchev–Trinajstić information content (AvgIpc) is 2.54. The van der Waals surface area contributed by atoms with Crippen molar-refractivity contribution in [3.8, 4) is 11.3 Å². The van der Waals surface area contributed by atoms with E-state index in [1.54, 1.807) is 12.1 Å². The average molecular weight is 307 g/mol. The summed E-state index contributed by atoms with van der Waals surface area (Å²) in [5.74, 6) is 0.523. The summed E-state index contributed by atoms with van der Waals surface area (Å²) in [7, 11) is 0. The van der Waals surface area contributed by atoms with Crippen molar-refractivity contribution in [3.05, 3.63) is 82.0 Å². The Kier molecular flexibility index (Phi) is 2.98. The number of halogens is 1. The molecule has 1 aromatic heterocycles. The maximum atomic E-state index is 12.6. The number of benzene rings is 3. The van der Waals surface area contributed by atoms with Gasteiger partial charge < -0.3 is 4.42 Å². The zero-order chi connectivity index (χ0) is 15.1. The normalized spacial score (nSPS) is 11.1. The quantitative estimate of drug-likeness (QED) is 0.449. The molecule has 4 aromatic rings. The summed E-state index contributed by atoms with van der Waals surface area (Å²) in [4.78, 5) is 12.6. The maximum Gasteiger partial charge on any atom is 0.193 e. The Morgan fingerprint density at radius 1 is 0.864 bits per heavy atom. The molecule has 0 unspecified atom stereocenters. The van der Waals surface area contributed by atoms with Crippen LogP contribution in [0.1, 0.15) is 0 Å². The standard InChI is InChI=1S/C19H11ClO2/c20-14-6-3-5-13(10-14)18-11-16(21)19-15-7-2-1-4-12(15)8-9-17(19)22-18/h1-11H. The zero-order valence-corrected chi connectivity index (χ0v) is 12.3. The molecule has 0 aliphatic heterocycles. The number of rotatable bonds is 1. The van der Waals surface area contributed by atoms with E-state index in [4.69, 9.17) is 16.0 Å². The van der Waals surface area contributed by atoms with Crippen molar-refractivity contribution in [2.75, 3.05) is 0 Å². The molecule has 0 fully saturated rings. The van der Waals surface area contributed by atoms with Crippen LogP contribution in [0.3, 0.4) is 0 Å². The van der Waals surface area contributed by atoms with Crippen LogP contribution in [0.25, 0.3) is 33.1 Å². The molecule has 22 heavy (non-hydrogen) atoms. The molecule has 4 rings (SSSR count). The predicted octanol–water partition coefficient (Wildman–Crippen LogP) is 5.27. The molecule has 0 radical (unpaired) electrons. The van der Waals surface area contributed by atoms with Gasteiger partial charge in [0.15, 0.2) is 5.43 Å². The van der Waals surface area contributed by atoms with Crippen LogP contribution in [0.15, 0.2) is 75.9 Å². The van der Waals surface area contributed by atoms with Crippen molar-refractivity contribution in [1.82, 2.24) is 0 Å². The molecule has 0 aliphatic carbocycles. The summed E-state index contributed by atoms with van der Waals surface area (Å²) in [6.07, 6.45) is 0. The van der Waals surface area contributed by atoms with Gasteiger partial charge in [0.1, 0.15) is 11.3 Å². The van der Waals surface area contributed by atoms with Gasteiger partial charge in [-0.2, -0.15) is 0 Å². The van der Waals surface area contributed by atoms with Crippen LogP contribution in [0.2, 0.25) is 5.02 Å². The van der Waals surface area contributed by atoms with Gasteiger partial charge in [-0.25, -0.2) is 0 Å². The lowest BCUT2D eigenvalue weighted by molar-refractivity contribution is 0.619. The zero-order valence-electron chi connectivity index (χ0n) is 11.5. The second kappa shape index (κ2) is 5.00. The third-order valence-electron chi connectivity index (χ3n) is 3.73. The van der Waals surface area contributed by atoms with Crippen molar-refractivity contribution in [2.45, 2.75) is 0 Å². The third kappa shape index (κ3) is 2.09. The molecule has 0 N–H and O–H groups in total. The Morgan fingerprint density at radius 3 is 2.59 bits per heavy atom. The maximum absolute atomic E-state index is 12.6. The summed E-state index contributed by atoms with van der Waals surface area (Å²) < 4.78 is 5.93. The van der Waals surface area contributed by atoms with E-state index < -0.39 is 0 Å². The lowest BCUT2D eigenvalue weighted by atomic mass is 10.0. The van der Waals surface area contributed by atoms with E-state index in [1.807, 2.05) is 48.5 Å². The molecule has 0 bridgehead atoms. The Bertz CT molecular complexity index is 1060. The summed E-state index contributed by atoms with van der Waals surface area (Å²) in [5, 5.41) is 3.16. The Balaban J connectivity index is 2.06. The van der Waals surface area contributed by atoms with Crippen LogP contribution >= 0.6 is 11.6 Å². The molecule has 106 valence electrons. The number of hydrogen-bond acceptors (Lipinski definition) is 2. The highest BCUT2D eigenvalue weighted by molar-refractivity contribution is 6.30. The first-order valence-electron chi connectivity index (χ1n) is 6.94. The van der Waals surface area contributed by atoms with E-state index in [9.17, 15) is 4.79 Å². The van der Waals surface area contributed by atoms with E-state index in [-0.39, 0.29) is 5.43 Å². The van der Waals surface area contributed by atoms with Crippen molar-refractivity contribution in [1.29, 1.82) is 0 Å². The fraction of sp³-hybridized carbons (Fsp3) is 0. The minimum absolute atomic E-state index is 0.0481. The topological polar surface area (TPSA) is 30.2 Å². The molecule has 0 aliphatic rings. The minimum Gasteiger partial charge on any atom is -0.456 e. The highest BCUT2D eigenvalue weighted by atomic mass is 35.5. The fourth-order valence-electron chi connectivity index (χ4n) is 2.71. The van der Waals surface area contributed by atoms with Crippen LogP contribution < -0.4 is 5.43 Å². The summed E-state index contributed by atoms with van der Waals surface area (Å²) in [5.41, 5.74) is 1.33. The molecule has 0 amide bonds. The molecule has 0 atom stereocenters. The first kappa shape index (κ1) is 13.1. The molecule has 3 aromatic carbocycles. The van der Waals surface area contributed by atoms with Crippen LogP contribution in [0.4, 0.5) is 0 Å². The third-order valence-corrected chi connectivity index (χ3v) is 3.96. The van der Waals surface area contributed by atoms with E-state index in [2.05, 4.69) is 0 Å². The second-order valence-electron chi connectivity index (χ2n) is 5.15. The summed E-state index contributed by atoms with van der Waals surface area (Å²) >= 11 is 6.01. The summed E-state index contributed by atoms with van der Waals surface area (Å²) in [6, 6.07) is 20.4. The van der Waals surface area contributed by atoms with Crippen LogP contribution in [-0.2, 0) is 0 Å². The number of hydrogen-bond donors (Lipinski definition) is 0. The van der Waals surface area contributed by atoms with E-state index in [1.165, 1.54) is 6.07 Å². The van der Waals surface area contributed by atoms with Crippen molar-refractivity contribution in [3.63, 3.8) is 0 Å². The van der Waals surface area contributed by atoms with Gasteiger partial charge in [-0.05, 0) is 29.0 Å². The molecular weight excluding hydrogens is 296 g/mol. The highest BCUT2D eigenvalue weighted by Crippen LogP contribution is 2.28. The van der Waals surface area contributed by atoms with Gasteiger partial charge in [0.2, 0.25) is 0 Å². The van der Waals surface area contributed by atoms with Crippen molar-refractivity contribution in [2.24, 2.45) is 0 Å². The smallest absolute Gasteiger partial charge is 0.193 e. The lowest BCUT2D eigenvalue weighted by Gasteiger charge is -2.06. The van der Waals surface area contributed by atoms with E-state index in [0.29, 0.717) is 21.8 Å². The van der Waals surface area contributed by atoms with Gasteiger partial charge in [-0.15, -0.1) is 0 Å². The largest absolute Gasteiger partial charge is 0.456 e. The first-order valence-corrected chi connectivity index (χ1v) is 7.32. The van der Waals surface area contributed by atoms with Gasteiger partial charge in [0, 0.05) is 16.7 Å². The molecule has 0 saturated heterocycles. The monoisotopic (exact) mass is 306 g/mol. The molecular formula is C19H11ClO2. The summed E-state index contributed by atoms with van der Waals surface area (Å²) in [6.45, 7) is 0. The highest BCUT2D eigenvalue weighted by Gasteiger charge is 2.10. The van der Waals surface area contributed by atoms with Gasteiger partial charge in [-0.3, -0.25) is 4.79 Å². The fourth-order valence-corrected chi connectivity index (χ4v) is 2.90. The van der Waals surface area contributed by atoms with Gasteiger partial charge >= 0.3 is 0 Å². The van der Waals surface area contributed by atoms with Crippen molar-refractivity contribution >= 4 is 33.3 Å². The Morgan fingerprint density at radius 2 is 1.73 bits per heavy atom. The Labute approximate surface area is 131 Å². The first-order chi connectivity index (χ1) is 10.7. The van der Waals surface area contributed by atoms with Gasteiger partial charge in [-0.1, -0.05) is 54.1 Å². The molecule has 1 heterocycles. The number of fused-ring (bicyclic) bond motifs is 3. The van der Waals surface area contributed by atoms with Gasteiger partial charge in [0.05, 0.1) is 5.39 Å². The van der Waals surface area contributed by atoms with Crippen LogP contribution in [-0.4, -0.2) is 0 Å². The molecule has 0 saturated carbocycles. The molecule has 0 spiro atoms. The SMILES string of the molecule is O=c1cc(-c2cccc(Cl)c2)oc2ccc3ccccc3c12. The van der Waals surface area contributed by atoms with E-state index >= 15 is 0 Å². The predicted molar refractivity (Wildman–Crippen MR) is 90.4 cm³/mol. The van der Waals surface area contributed by atoms with E-state index in [0.717, 1.165) is 16.3 Å². The molecule has 3 heteroatoms. The van der Waals surface area contributed by atoms with Crippen LogP contribution in [0, 0.1) is 0 Å². The Hall–Kier alpha value is -2.58. The molecule has 2 nitrogen and oxygen atoms in total. The second-order valence-corrected chi connectivity index (χ2v) is 5.58. The van der Waals surface area contributed by atoms with Crippen LogP contribution in [0.5, 0.6) is 0 Å². The van der Waals surface area contributed by atoms with Crippen molar-refractivity contribution < 1.29 is 4.42 Å². The minimum atomic E-state index is -0.0481.